The lowest BCUT2D eigenvalue weighted by Crippen LogP contribution is -2.52. The molecule has 3 aromatic rings. The molecule has 0 aromatic carbocycles. The molecule has 1 atom stereocenters. The SMILES string of the molecule is CC(C)C[C@@](C)(COc1ccc(-c2ccnc3cc(Br)nn23)nc1C(F)F)NC(=O)OC(C)(C)C. The molecule has 1 amide bonds. The van der Waals surface area contributed by atoms with Gasteiger partial charge in [0.2, 0.25) is 0 Å². The fourth-order valence-electron chi connectivity index (χ4n) is 3.78. The van der Waals surface area contributed by atoms with Crippen molar-refractivity contribution in [3.63, 3.8) is 0 Å². The Kier molecular flexibility index (Phi) is 7.98. The topological polar surface area (TPSA) is 90.6 Å². The maximum absolute atomic E-state index is 14.0. The predicted octanol–water partition coefficient (Wildman–Crippen LogP) is 6.20. The predicted molar refractivity (Wildman–Crippen MR) is 132 cm³/mol. The van der Waals surface area contributed by atoms with E-state index in [1.807, 2.05) is 13.8 Å². The van der Waals surface area contributed by atoms with E-state index in [1.165, 1.54) is 10.6 Å². The van der Waals surface area contributed by atoms with Gasteiger partial charge in [-0.25, -0.2) is 28.1 Å². The fraction of sp³-hybridized carbons (Fsp3) is 0.500. The number of fused-ring (bicyclic) bond motifs is 1. The Labute approximate surface area is 211 Å². The zero-order valence-corrected chi connectivity index (χ0v) is 22.2. The molecular weight excluding hydrogens is 524 g/mol. The van der Waals surface area contributed by atoms with Crippen molar-refractivity contribution in [3.05, 3.63) is 40.8 Å². The number of carbonyl (C=O) groups excluding carboxylic acids is 1. The van der Waals surface area contributed by atoms with Crippen LogP contribution in [0.2, 0.25) is 0 Å². The van der Waals surface area contributed by atoms with Crippen LogP contribution >= 0.6 is 15.9 Å². The first-order valence-electron chi connectivity index (χ1n) is 11.2. The van der Waals surface area contributed by atoms with Crippen LogP contribution in [-0.4, -0.2) is 43.4 Å². The largest absolute Gasteiger partial charge is 0.489 e. The normalized spacial score (nSPS) is 13.8. The number of carbonyl (C=O) groups is 1. The molecule has 11 heteroatoms. The van der Waals surface area contributed by atoms with Crippen LogP contribution in [0.1, 0.15) is 60.1 Å². The number of amides is 1. The Bertz CT molecular complexity index is 1200. The summed E-state index contributed by atoms with van der Waals surface area (Å²) in [4.78, 5) is 20.8. The van der Waals surface area contributed by atoms with Gasteiger partial charge in [-0.3, -0.25) is 0 Å². The molecule has 0 aliphatic rings. The van der Waals surface area contributed by atoms with Crippen LogP contribution in [0.25, 0.3) is 17.0 Å². The van der Waals surface area contributed by atoms with Crippen molar-refractivity contribution in [3.8, 4) is 17.1 Å². The summed E-state index contributed by atoms with van der Waals surface area (Å²) in [5.41, 5.74) is -0.671. The summed E-state index contributed by atoms with van der Waals surface area (Å²) in [6.07, 6.45) is -1.36. The second kappa shape index (κ2) is 10.4. The van der Waals surface area contributed by atoms with Crippen LogP contribution in [0.3, 0.4) is 0 Å². The van der Waals surface area contributed by atoms with Crippen molar-refractivity contribution in [1.82, 2.24) is 24.9 Å². The van der Waals surface area contributed by atoms with Crippen LogP contribution in [-0.2, 0) is 4.74 Å². The molecule has 190 valence electrons. The highest BCUT2D eigenvalue weighted by molar-refractivity contribution is 9.10. The molecule has 0 saturated heterocycles. The second-order valence-corrected chi connectivity index (χ2v) is 10.8. The molecule has 3 rings (SSSR count). The molecule has 8 nitrogen and oxygen atoms in total. The van der Waals surface area contributed by atoms with Gasteiger partial charge >= 0.3 is 6.09 Å². The Morgan fingerprint density at radius 2 is 1.91 bits per heavy atom. The number of rotatable bonds is 8. The van der Waals surface area contributed by atoms with E-state index in [0.29, 0.717) is 28.1 Å². The highest BCUT2D eigenvalue weighted by Crippen LogP contribution is 2.32. The standard InChI is InChI=1S/C24H30BrF2N5O3/c1-14(2)12-24(6,30-22(33)35-23(3,4)5)13-34-17-8-7-15(29-20(17)21(26)27)16-9-10-28-19-11-18(25)31-32(16)19/h7-11,14,21H,12-13H2,1-6H3,(H,30,33)/t24-/m0/s1. The lowest BCUT2D eigenvalue weighted by atomic mass is 9.91. The molecule has 0 aliphatic heterocycles. The first-order valence-corrected chi connectivity index (χ1v) is 12.0. The molecule has 0 bridgehead atoms. The molecule has 35 heavy (non-hydrogen) atoms. The maximum atomic E-state index is 14.0. The lowest BCUT2D eigenvalue weighted by Gasteiger charge is -2.33. The summed E-state index contributed by atoms with van der Waals surface area (Å²) >= 11 is 3.30. The number of alkyl carbamates (subject to hydrolysis) is 1. The smallest absolute Gasteiger partial charge is 0.408 e. The van der Waals surface area contributed by atoms with Crippen molar-refractivity contribution in [2.45, 2.75) is 65.5 Å². The Morgan fingerprint density at radius 1 is 1.20 bits per heavy atom. The summed E-state index contributed by atoms with van der Waals surface area (Å²) in [6.45, 7) is 11.1. The number of aromatic nitrogens is 4. The molecule has 3 heterocycles. The molecule has 0 spiro atoms. The molecule has 1 N–H and O–H groups in total. The molecule has 0 fully saturated rings. The van der Waals surface area contributed by atoms with Crippen molar-refractivity contribution in [2.75, 3.05) is 6.61 Å². The average Bonchev–Trinajstić information content (AvgIpc) is 3.10. The van der Waals surface area contributed by atoms with E-state index in [0.717, 1.165) is 0 Å². The van der Waals surface area contributed by atoms with Crippen LogP contribution in [0.4, 0.5) is 13.6 Å². The Balaban J connectivity index is 1.87. The van der Waals surface area contributed by atoms with Crippen molar-refractivity contribution in [1.29, 1.82) is 0 Å². The Hall–Kier alpha value is -2.82. The van der Waals surface area contributed by atoms with E-state index in [2.05, 4.69) is 36.3 Å². The van der Waals surface area contributed by atoms with Crippen LogP contribution in [0, 0.1) is 5.92 Å². The van der Waals surface area contributed by atoms with Gasteiger partial charge in [0, 0.05) is 12.3 Å². The molecule has 0 unspecified atom stereocenters. The third kappa shape index (κ3) is 7.09. The van der Waals surface area contributed by atoms with Gasteiger partial charge in [0.1, 0.15) is 28.3 Å². The van der Waals surface area contributed by atoms with E-state index >= 15 is 0 Å². The second-order valence-electron chi connectivity index (χ2n) is 10.0. The fourth-order valence-corrected chi connectivity index (χ4v) is 4.14. The number of pyridine rings is 1. The van der Waals surface area contributed by atoms with Gasteiger partial charge in [0.15, 0.2) is 5.65 Å². The summed E-state index contributed by atoms with van der Waals surface area (Å²) in [6, 6.07) is 6.40. The highest BCUT2D eigenvalue weighted by atomic mass is 79.9. The summed E-state index contributed by atoms with van der Waals surface area (Å²) in [5.74, 6) is 0.146. The van der Waals surface area contributed by atoms with E-state index in [1.54, 1.807) is 52.1 Å². The zero-order chi connectivity index (χ0) is 26.0. The Morgan fingerprint density at radius 3 is 2.54 bits per heavy atom. The van der Waals surface area contributed by atoms with Gasteiger partial charge in [-0.1, -0.05) is 13.8 Å². The van der Waals surface area contributed by atoms with Gasteiger partial charge in [-0.2, -0.15) is 5.10 Å². The van der Waals surface area contributed by atoms with Crippen LogP contribution < -0.4 is 10.1 Å². The first kappa shape index (κ1) is 26.8. The van der Waals surface area contributed by atoms with Gasteiger partial charge in [-0.15, -0.1) is 0 Å². The minimum absolute atomic E-state index is 0.0449. The minimum Gasteiger partial charge on any atom is -0.489 e. The quantitative estimate of drug-likeness (QED) is 0.357. The zero-order valence-electron chi connectivity index (χ0n) is 20.6. The molecule has 0 aliphatic carbocycles. The van der Waals surface area contributed by atoms with Crippen LogP contribution in [0.15, 0.2) is 35.1 Å². The number of hydrogen-bond donors (Lipinski definition) is 1. The lowest BCUT2D eigenvalue weighted by molar-refractivity contribution is 0.0404. The van der Waals surface area contributed by atoms with Gasteiger partial charge < -0.3 is 14.8 Å². The van der Waals surface area contributed by atoms with Crippen molar-refractivity contribution in [2.24, 2.45) is 5.92 Å². The van der Waals surface area contributed by atoms with E-state index in [-0.39, 0.29) is 18.3 Å². The summed E-state index contributed by atoms with van der Waals surface area (Å²) < 4.78 is 41.3. The van der Waals surface area contributed by atoms with Crippen molar-refractivity contribution >= 4 is 27.7 Å². The molecular formula is C24H30BrF2N5O3. The number of ether oxygens (including phenoxy) is 2. The molecule has 0 radical (unpaired) electrons. The minimum atomic E-state index is -2.87. The number of alkyl halides is 2. The first-order chi connectivity index (χ1) is 16.3. The van der Waals surface area contributed by atoms with E-state index in [9.17, 15) is 13.6 Å². The number of nitrogens with one attached hydrogen (secondary N) is 1. The van der Waals surface area contributed by atoms with Gasteiger partial charge in [0.05, 0.1) is 16.9 Å². The van der Waals surface area contributed by atoms with Gasteiger partial charge in [-0.05, 0) is 74.2 Å². The summed E-state index contributed by atoms with van der Waals surface area (Å²) in [7, 11) is 0. The average molecular weight is 554 g/mol. The molecule has 3 aromatic heterocycles. The monoisotopic (exact) mass is 553 g/mol. The number of halogens is 3. The highest BCUT2D eigenvalue weighted by Gasteiger charge is 2.32. The number of hydrogen-bond acceptors (Lipinski definition) is 6. The molecule has 0 saturated carbocycles. The third-order valence-electron chi connectivity index (χ3n) is 4.89. The van der Waals surface area contributed by atoms with Crippen molar-refractivity contribution < 1.29 is 23.0 Å². The third-order valence-corrected chi connectivity index (χ3v) is 5.28. The van der Waals surface area contributed by atoms with Crippen LogP contribution in [0.5, 0.6) is 5.75 Å². The number of nitrogens with zero attached hydrogens (tertiary/aromatic N) is 4. The van der Waals surface area contributed by atoms with E-state index in [4.69, 9.17) is 9.47 Å². The van der Waals surface area contributed by atoms with Gasteiger partial charge in [0.25, 0.3) is 6.43 Å². The summed E-state index contributed by atoms with van der Waals surface area (Å²) in [5, 5.41) is 7.14. The maximum Gasteiger partial charge on any atom is 0.408 e. The van der Waals surface area contributed by atoms with E-state index < -0.39 is 29.4 Å².